The Kier molecular flexibility index (Phi) is 7.83. The van der Waals surface area contributed by atoms with Crippen molar-refractivity contribution in [2.45, 2.75) is 52.4 Å². The second-order valence-electron chi connectivity index (χ2n) is 8.56. The number of carbonyl (C=O) groups excluding carboxylic acids is 1. The van der Waals surface area contributed by atoms with Crippen LogP contribution in [0.15, 0.2) is 33.3 Å². The van der Waals surface area contributed by atoms with Gasteiger partial charge in [-0.05, 0) is 26.3 Å². The lowest BCUT2D eigenvalue weighted by molar-refractivity contribution is -0.133. The molecule has 0 unspecified atom stereocenters. The maximum Gasteiger partial charge on any atom is 0.227 e. The highest BCUT2D eigenvalue weighted by atomic mass is 16.5. The summed E-state index contributed by atoms with van der Waals surface area (Å²) in [5.41, 5.74) is 2.17. The molecule has 0 radical (unpaired) electrons. The molecule has 1 aliphatic heterocycles. The van der Waals surface area contributed by atoms with Gasteiger partial charge in [0.1, 0.15) is 0 Å². The van der Waals surface area contributed by atoms with Crippen molar-refractivity contribution in [2.24, 2.45) is 0 Å². The van der Waals surface area contributed by atoms with Gasteiger partial charge in [0.2, 0.25) is 23.5 Å². The minimum atomic E-state index is 0.152. The SMILES string of the molecule is CCCc1noc(CCC(=O)N2CCN(CCCc3nc(-c4ccc(C)cc4)no3)CC2)n1. The van der Waals surface area contributed by atoms with E-state index in [2.05, 4.69) is 39.0 Å². The molecule has 33 heavy (non-hydrogen) atoms. The van der Waals surface area contributed by atoms with E-state index in [0.29, 0.717) is 30.4 Å². The van der Waals surface area contributed by atoms with Gasteiger partial charge in [-0.2, -0.15) is 9.97 Å². The highest BCUT2D eigenvalue weighted by Gasteiger charge is 2.21. The van der Waals surface area contributed by atoms with Crippen molar-refractivity contribution < 1.29 is 13.8 Å². The lowest BCUT2D eigenvalue weighted by Gasteiger charge is -2.34. The Morgan fingerprint density at radius 1 is 0.939 bits per heavy atom. The van der Waals surface area contributed by atoms with Crippen LogP contribution in [0.25, 0.3) is 11.4 Å². The van der Waals surface area contributed by atoms with E-state index in [1.54, 1.807) is 0 Å². The summed E-state index contributed by atoms with van der Waals surface area (Å²) in [7, 11) is 0. The zero-order chi connectivity index (χ0) is 23.0. The number of carbonyl (C=O) groups is 1. The van der Waals surface area contributed by atoms with Gasteiger partial charge in [0, 0.05) is 57.4 Å². The maximum atomic E-state index is 12.5. The average Bonchev–Trinajstić information content (AvgIpc) is 3.48. The quantitative estimate of drug-likeness (QED) is 0.462. The van der Waals surface area contributed by atoms with Gasteiger partial charge in [0.05, 0.1) is 0 Å². The Labute approximate surface area is 194 Å². The van der Waals surface area contributed by atoms with Crippen LogP contribution in [0.2, 0.25) is 0 Å². The van der Waals surface area contributed by atoms with E-state index in [9.17, 15) is 4.79 Å². The van der Waals surface area contributed by atoms with Gasteiger partial charge < -0.3 is 13.9 Å². The summed E-state index contributed by atoms with van der Waals surface area (Å²) in [6.07, 6.45) is 4.40. The first kappa shape index (κ1) is 23.1. The largest absolute Gasteiger partial charge is 0.340 e. The number of aromatic nitrogens is 4. The molecule has 0 N–H and O–H groups in total. The van der Waals surface area contributed by atoms with Crippen molar-refractivity contribution >= 4 is 5.91 Å². The molecule has 9 nitrogen and oxygen atoms in total. The van der Waals surface area contributed by atoms with Crippen molar-refractivity contribution in [3.05, 3.63) is 47.4 Å². The van der Waals surface area contributed by atoms with Crippen molar-refractivity contribution in [1.29, 1.82) is 0 Å². The smallest absolute Gasteiger partial charge is 0.227 e. The normalized spacial score (nSPS) is 14.7. The lowest BCUT2D eigenvalue weighted by atomic mass is 10.1. The molecule has 0 spiro atoms. The topological polar surface area (TPSA) is 101 Å². The molecule has 2 aromatic heterocycles. The zero-order valence-corrected chi connectivity index (χ0v) is 19.5. The van der Waals surface area contributed by atoms with E-state index < -0.39 is 0 Å². The fourth-order valence-corrected chi connectivity index (χ4v) is 3.94. The summed E-state index contributed by atoms with van der Waals surface area (Å²) in [4.78, 5) is 25.7. The molecule has 0 aliphatic carbocycles. The number of nitrogens with zero attached hydrogens (tertiary/aromatic N) is 6. The summed E-state index contributed by atoms with van der Waals surface area (Å²) in [6, 6.07) is 8.11. The van der Waals surface area contributed by atoms with Crippen LogP contribution < -0.4 is 0 Å². The molecule has 4 rings (SSSR count). The standard InChI is InChI=1S/C24H32N6O3/c1-3-5-20-25-22(32-27-20)11-12-23(31)30-16-14-29(15-17-30)13-4-6-21-26-24(28-33-21)19-9-7-18(2)8-10-19/h7-10H,3-6,11-17H2,1-2H3. The Morgan fingerprint density at radius 2 is 1.67 bits per heavy atom. The summed E-state index contributed by atoms with van der Waals surface area (Å²) < 4.78 is 10.6. The van der Waals surface area contributed by atoms with Gasteiger partial charge in [-0.15, -0.1) is 0 Å². The van der Waals surface area contributed by atoms with E-state index in [-0.39, 0.29) is 5.91 Å². The van der Waals surface area contributed by atoms with Crippen LogP contribution in [0.4, 0.5) is 0 Å². The third-order valence-electron chi connectivity index (χ3n) is 5.90. The number of amides is 1. The van der Waals surface area contributed by atoms with Gasteiger partial charge >= 0.3 is 0 Å². The van der Waals surface area contributed by atoms with Crippen LogP contribution in [0.1, 0.15) is 49.4 Å². The molecule has 1 saturated heterocycles. The van der Waals surface area contributed by atoms with Gasteiger partial charge in [0.25, 0.3) is 0 Å². The monoisotopic (exact) mass is 452 g/mol. The van der Waals surface area contributed by atoms with Gasteiger partial charge in [-0.1, -0.05) is 47.1 Å². The third-order valence-corrected chi connectivity index (χ3v) is 5.90. The Balaban J connectivity index is 1.14. The predicted molar refractivity (Wildman–Crippen MR) is 122 cm³/mol. The summed E-state index contributed by atoms with van der Waals surface area (Å²) in [5.74, 6) is 2.73. The number of piperazine rings is 1. The van der Waals surface area contributed by atoms with Crippen LogP contribution in [-0.2, 0) is 24.1 Å². The summed E-state index contributed by atoms with van der Waals surface area (Å²) in [5, 5.41) is 8.05. The van der Waals surface area contributed by atoms with Crippen molar-refractivity contribution in [3.8, 4) is 11.4 Å². The fourth-order valence-electron chi connectivity index (χ4n) is 3.94. The van der Waals surface area contributed by atoms with Crippen LogP contribution in [0, 0.1) is 6.92 Å². The lowest BCUT2D eigenvalue weighted by Crippen LogP contribution is -2.48. The van der Waals surface area contributed by atoms with Crippen molar-refractivity contribution in [2.75, 3.05) is 32.7 Å². The number of benzene rings is 1. The molecule has 0 bridgehead atoms. The highest BCUT2D eigenvalue weighted by molar-refractivity contribution is 5.76. The molecule has 1 aromatic carbocycles. The minimum Gasteiger partial charge on any atom is -0.340 e. The molecular formula is C24H32N6O3. The van der Waals surface area contributed by atoms with E-state index in [4.69, 9.17) is 9.05 Å². The minimum absolute atomic E-state index is 0.152. The first-order valence-corrected chi connectivity index (χ1v) is 11.8. The van der Waals surface area contributed by atoms with Crippen LogP contribution in [-0.4, -0.2) is 68.7 Å². The maximum absolute atomic E-state index is 12.5. The number of rotatable bonds is 10. The van der Waals surface area contributed by atoms with Crippen LogP contribution in [0.3, 0.4) is 0 Å². The van der Waals surface area contributed by atoms with E-state index in [0.717, 1.165) is 69.8 Å². The van der Waals surface area contributed by atoms with E-state index in [1.807, 2.05) is 29.2 Å². The van der Waals surface area contributed by atoms with E-state index >= 15 is 0 Å². The second kappa shape index (κ2) is 11.2. The molecule has 3 heterocycles. The summed E-state index contributed by atoms with van der Waals surface area (Å²) >= 11 is 0. The highest BCUT2D eigenvalue weighted by Crippen LogP contribution is 2.17. The second-order valence-corrected chi connectivity index (χ2v) is 8.56. The molecular weight excluding hydrogens is 420 g/mol. The van der Waals surface area contributed by atoms with Gasteiger partial charge in [-0.25, -0.2) is 0 Å². The number of hydrogen-bond donors (Lipinski definition) is 0. The Bertz CT molecular complexity index is 1020. The molecule has 176 valence electrons. The molecule has 3 aromatic rings. The Hall–Kier alpha value is -3.07. The van der Waals surface area contributed by atoms with E-state index in [1.165, 1.54) is 5.56 Å². The van der Waals surface area contributed by atoms with Crippen LogP contribution in [0.5, 0.6) is 0 Å². The predicted octanol–water partition coefficient (Wildman–Crippen LogP) is 3.09. The molecule has 1 amide bonds. The average molecular weight is 453 g/mol. The summed E-state index contributed by atoms with van der Waals surface area (Å²) in [6.45, 7) is 8.35. The van der Waals surface area contributed by atoms with Crippen molar-refractivity contribution in [1.82, 2.24) is 30.1 Å². The fraction of sp³-hybridized carbons (Fsp3) is 0.542. The molecule has 1 aliphatic rings. The first-order valence-electron chi connectivity index (χ1n) is 11.8. The molecule has 0 saturated carbocycles. The zero-order valence-electron chi connectivity index (χ0n) is 19.5. The Morgan fingerprint density at radius 3 is 2.42 bits per heavy atom. The molecule has 9 heteroatoms. The number of aryl methyl sites for hydroxylation is 4. The molecule has 1 fully saturated rings. The van der Waals surface area contributed by atoms with Gasteiger partial charge in [0.15, 0.2) is 5.82 Å². The molecule has 0 atom stereocenters. The van der Waals surface area contributed by atoms with Crippen molar-refractivity contribution in [3.63, 3.8) is 0 Å². The number of hydrogen-bond acceptors (Lipinski definition) is 8. The van der Waals surface area contributed by atoms with Crippen LogP contribution >= 0.6 is 0 Å². The first-order chi connectivity index (χ1) is 16.1. The third kappa shape index (κ3) is 6.47. The van der Waals surface area contributed by atoms with Gasteiger partial charge in [-0.3, -0.25) is 9.69 Å².